The maximum absolute atomic E-state index is 11.5. The van der Waals surface area contributed by atoms with Crippen LogP contribution < -0.4 is 10.5 Å². The van der Waals surface area contributed by atoms with E-state index in [1.807, 2.05) is 13.8 Å². The molecule has 0 radical (unpaired) electrons. The maximum Gasteiger partial charge on any atom is 0.187 e. The number of hydrogen-bond acceptors (Lipinski definition) is 3. The number of halogens is 1. The van der Waals surface area contributed by atoms with Gasteiger partial charge in [0, 0.05) is 5.02 Å². The highest BCUT2D eigenvalue weighted by Crippen LogP contribution is 2.15. The average molecular weight is 242 g/mol. The number of ether oxygens (including phenoxy) is 1. The molecule has 0 bridgehead atoms. The molecule has 1 rings (SSSR count). The van der Waals surface area contributed by atoms with Crippen molar-refractivity contribution in [2.24, 2.45) is 11.7 Å². The molecule has 1 atom stereocenters. The molecule has 0 aliphatic rings. The summed E-state index contributed by atoms with van der Waals surface area (Å²) in [5.41, 5.74) is 5.70. The molecular weight excluding hydrogens is 226 g/mol. The predicted molar refractivity (Wildman–Crippen MR) is 64.8 cm³/mol. The quantitative estimate of drug-likeness (QED) is 0.861. The minimum atomic E-state index is -0.465. The first-order chi connectivity index (χ1) is 7.50. The van der Waals surface area contributed by atoms with E-state index in [1.165, 1.54) is 0 Å². The van der Waals surface area contributed by atoms with Gasteiger partial charge in [-0.2, -0.15) is 0 Å². The number of benzene rings is 1. The van der Waals surface area contributed by atoms with Crippen LogP contribution in [0.3, 0.4) is 0 Å². The molecule has 0 amide bonds. The molecule has 1 unspecified atom stereocenters. The van der Waals surface area contributed by atoms with E-state index in [0.29, 0.717) is 10.8 Å². The largest absolute Gasteiger partial charge is 0.486 e. The Morgan fingerprint density at radius 2 is 1.94 bits per heavy atom. The van der Waals surface area contributed by atoms with Crippen molar-refractivity contribution in [3.05, 3.63) is 29.3 Å². The molecule has 1 aromatic carbocycles. The zero-order valence-corrected chi connectivity index (χ0v) is 10.2. The van der Waals surface area contributed by atoms with E-state index in [4.69, 9.17) is 22.1 Å². The van der Waals surface area contributed by atoms with Gasteiger partial charge in [0.15, 0.2) is 5.78 Å². The van der Waals surface area contributed by atoms with Crippen molar-refractivity contribution < 1.29 is 9.53 Å². The van der Waals surface area contributed by atoms with Gasteiger partial charge in [0.05, 0.1) is 6.04 Å². The van der Waals surface area contributed by atoms with Crippen molar-refractivity contribution in [1.82, 2.24) is 0 Å². The number of carbonyl (C=O) groups excluding carboxylic acids is 1. The number of nitrogens with two attached hydrogens (primary N) is 1. The van der Waals surface area contributed by atoms with Gasteiger partial charge in [-0.25, -0.2) is 0 Å². The molecule has 16 heavy (non-hydrogen) atoms. The molecule has 0 saturated carbocycles. The Balaban J connectivity index is 2.46. The third-order valence-corrected chi connectivity index (χ3v) is 2.54. The molecule has 88 valence electrons. The van der Waals surface area contributed by atoms with E-state index in [-0.39, 0.29) is 18.3 Å². The maximum atomic E-state index is 11.5. The van der Waals surface area contributed by atoms with Gasteiger partial charge in [0.1, 0.15) is 12.4 Å². The summed E-state index contributed by atoms with van der Waals surface area (Å²) in [6.45, 7) is 3.82. The Bertz CT molecular complexity index is 349. The van der Waals surface area contributed by atoms with Crippen LogP contribution in [0.1, 0.15) is 13.8 Å². The van der Waals surface area contributed by atoms with Crippen LogP contribution in [-0.4, -0.2) is 18.4 Å². The van der Waals surface area contributed by atoms with Crippen LogP contribution in [-0.2, 0) is 4.79 Å². The molecule has 0 saturated heterocycles. The second kappa shape index (κ2) is 5.87. The molecule has 0 aliphatic carbocycles. The van der Waals surface area contributed by atoms with E-state index in [2.05, 4.69) is 0 Å². The molecular formula is C12H16ClNO2. The van der Waals surface area contributed by atoms with Crippen LogP contribution in [0.5, 0.6) is 5.75 Å². The Morgan fingerprint density at radius 1 is 1.38 bits per heavy atom. The van der Waals surface area contributed by atoms with Gasteiger partial charge >= 0.3 is 0 Å². The molecule has 1 aromatic rings. The molecule has 3 nitrogen and oxygen atoms in total. The van der Waals surface area contributed by atoms with Gasteiger partial charge < -0.3 is 10.5 Å². The van der Waals surface area contributed by atoms with E-state index in [1.54, 1.807) is 24.3 Å². The first-order valence-corrected chi connectivity index (χ1v) is 5.55. The van der Waals surface area contributed by atoms with E-state index in [0.717, 1.165) is 0 Å². The summed E-state index contributed by atoms with van der Waals surface area (Å²) in [6, 6.07) is 6.40. The van der Waals surface area contributed by atoms with Crippen LogP contribution in [0, 0.1) is 5.92 Å². The van der Waals surface area contributed by atoms with Gasteiger partial charge in [0.2, 0.25) is 0 Å². The lowest BCUT2D eigenvalue weighted by molar-refractivity contribution is -0.123. The lowest BCUT2D eigenvalue weighted by Crippen LogP contribution is -2.38. The van der Waals surface area contributed by atoms with E-state index < -0.39 is 6.04 Å². The monoisotopic (exact) mass is 241 g/mol. The van der Waals surface area contributed by atoms with Crippen molar-refractivity contribution in [2.45, 2.75) is 19.9 Å². The van der Waals surface area contributed by atoms with Crippen LogP contribution in [0.2, 0.25) is 5.02 Å². The Labute approximate surface area is 101 Å². The number of Topliss-reactive ketones (excluding diaryl/α,β-unsaturated/α-hetero) is 1. The normalized spacial score (nSPS) is 12.6. The fraction of sp³-hybridized carbons (Fsp3) is 0.417. The highest BCUT2D eigenvalue weighted by atomic mass is 35.5. The third kappa shape index (κ3) is 3.83. The van der Waals surface area contributed by atoms with Crippen LogP contribution in [0.4, 0.5) is 0 Å². The minimum Gasteiger partial charge on any atom is -0.486 e. The molecule has 0 spiro atoms. The lowest BCUT2D eigenvalue weighted by atomic mass is 10.0. The van der Waals surface area contributed by atoms with E-state index >= 15 is 0 Å². The Hall–Kier alpha value is -1.06. The molecule has 0 fully saturated rings. The van der Waals surface area contributed by atoms with Crippen LogP contribution in [0.15, 0.2) is 24.3 Å². The summed E-state index contributed by atoms with van der Waals surface area (Å²) in [5.74, 6) is 0.653. The highest BCUT2D eigenvalue weighted by molar-refractivity contribution is 6.30. The summed E-state index contributed by atoms with van der Waals surface area (Å²) in [5, 5.41) is 0.637. The predicted octanol–water partition coefficient (Wildman–Crippen LogP) is 2.27. The van der Waals surface area contributed by atoms with Crippen LogP contribution >= 0.6 is 11.6 Å². The van der Waals surface area contributed by atoms with Crippen molar-refractivity contribution in [3.63, 3.8) is 0 Å². The standard InChI is InChI=1S/C12H16ClNO2/c1-8(2)12(14)11(15)7-16-10-5-3-9(13)4-6-10/h3-6,8,12H,7,14H2,1-2H3. The third-order valence-electron chi connectivity index (χ3n) is 2.28. The molecule has 0 aromatic heterocycles. The SMILES string of the molecule is CC(C)C(N)C(=O)COc1ccc(Cl)cc1. The summed E-state index contributed by atoms with van der Waals surface area (Å²) < 4.78 is 5.31. The fourth-order valence-corrected chi connectivity index (χ4v) is 1.28. The zero-order valence-electron chi connectivity index (χ0n) is 9.44. The topological polar surface area (TPSA) is 52.3 Å². The van der Waals surface area contributed by atoms with Gasteiger partial charge in [-0.3, -0.25) is 4.79 Å². The highest BCUT2D eigenvalue weighted by Gasteiger charge is 2.17. The van der Waals surface area contributed by atoms with Crippen molar-refractivity contribution >= 4 is 17.4 Å². The second-order valence-corrected chi connectivity index (χ2v) is 4.42. The lowest BCUT2D eigenvalue weighted by Gasteiger charge is -2.14. The Kier molecular flexibility index (Phi) is 4.77. The van der Waals surface area contributed by atoms with Crippen LogP contribution in [0.25, 0.3) is 0 Å². The first kappa shape index (κ1) is 13.0. The molecule has 0 heterocycles. The molecule has 4 heteroatoms. The summed E-state index contributed by atoms with van der Waals surface area (Å²) in [7, 11) is 0. The number of hydrogen-bond donors (Lipinski definition) is 1. The van der Waals surface area contributed by atoms with Crippen molar-refractivity contribution in [1.29, 1.82) is 0 Å². The summed E-state index contributed by atoms with van der Waals surface area (Å²) in [6.07, 6.45) is 0. The number of rotatable bonds is 5. The number of carbonyl (C=O) groups is 1. The second-order valence-electron chi connectivity index (χ2n) is 3.98. The van der Waals surface area contributed by atoms with Gasteiger partial charge in [-0.05, 0) is 30.2 Å². The van der Waals surface area contributed by atoms with Gasteiger partial charge in [-0.1, -0.05) is 25.4 Å². The summed E-state index contributed by atoms with van der Waals surface area (Å²) in [4.78, 5) is 11.5. The molecule has 0 aliphatic heterocycles. The van der Waals surface area contributed by atoms with Gasteiger partial charge in [0.25, 0.3) is 0 Å². The molecule has 2 N–H and O–H groups in total. The Morgan fingerprint density at radius 3 is 2.44 bits per heavy atom. The van der Waals surface area contributed by atoms with Crippen molar-refractivity contribution in [2.75, 3.05) is 6.61 Å². The summed E-state index contributed by atoms with van der Waals surface area (Å²) >= 11 is 5.72. The average Bonchev–Trinajstić information content (AvgIpc) is 2.26. The van der Waals surface area contributed by atoms with E-state index in [9.17, 15) is 4.79 Å². The first-order valence-electron chi connectivity index (χ1n) is 5.17. The number of ketones is 1. The smallest absolute Gasteiger partial charge is 0.187 e. The minimum absolute atomic E-state index is 0.000971. The fourth-order valence-electron chi connectivity index (χ4n) is 1.15. The van der Waals surface area contributed by atoms with Crippen molar-refractivity contribution in [3.8, 4) is 5.75 Å². The zero-order chi connectivity index (χ0) is 12.1. The van der Waals surface area contributed by atoms with Gasteiger partial charge in [-0.15, -0.1) is 0 Å².